The van der Waals surface area contributed by atoms with Crippen molar-refractivity contribution in [3.05, 3.63) is 29.6 Å². The van der Waals surface area contributed by atoms with E-state index in [9.17, 15) is 9.18 Å². The molecule has 0 bridgehead atoms. The Morgan fingerprint density at radius 2 is 2.29 bits per heavy atom. The minimum absolute atomic E-state index is 0.210. The average molecular weight is 241 g/mol. The highest BCUT2D eigenvalue weighted by Gasteiger charge is 2.09. The topological polar surface area (TPSA) is 67.6 Å². The molecule has 2 amide bonds. The third-order valence-electron chi connectivity index (χ3n) is 2.19. The van der Waals surface area contributed by atoms with Crippen molar-refractivity contribution in [3.63, 3.8) is 0 Å². The number of nitrogens with two attached hydrogens (primary N) is 1. The summed E-state index contributed by atoms with van der Waals surface area (Å²) in [5.41, 5.74) is 2.66. The second kappa shape index (κ2) is 6.05. The first kappa shape index (κ1) is 13.2. The zero-order valence-corrected chi connectivity index (χ0v) is 9.87. The summed E-state index contributed by atoms with van der Waals surface area (Å²) >= 11 is 0. The summed E-state index contributed by atoms with van der Waals surface area (Å²) in [6, 6.07) is 4.15. The fourth-order valence-corrected chi connectivity index (χ4v) is 1.37. The van der Waals surface area contributed by atoms with Gasteiger partial charge in [-0.2, -0.15) is 0 Å². The summed E-state index contributed by atoms with van der Waals surface area (Å²) in [6.07, 6.45) is 0. The zero-order valence-electron chi connectivity index (χ0n) is 9.87. The average Bonchev–Trinajstić information content (AvgIpc) is 2.31. The van der Waals surface area contributed by atoms with Gasteiger partial charge in [-0.3, -0.25) is 5.43 Å². The Kier molecular flexibility index (Phi) is 4.71. The molecule has 0 fully saturated rings. The van der Waals surface area contributed by atoms with Gasteiger partial charge in [0.15, 0.2) is 11.6 Å². The van der Waals surface area contributed by atoms with Gasteiger partial charge in [0.2, 0.25) is 0 Å². The summed E-state index contributed by atoms with van der Waals surface area (Å²) in [7, 11) is 1.57. The van der Waals surface area contributed by atoms with Gasteiger partial charge in [-0.15, -0.1) is 0 Å². The van der Waals surface area contributed by atoms with Crippen molar-refractivity contribution >= 4 is 6.03 Å². The fourth-order valence-electron chi connectivity index (χ4n) is 1.37. The first-order valence-corrected chi connectivity index (χ1v) is 5.21. The molecule has 0 saturated carbocycles. The second-order valence-corrected chi connectivity index (χ2v) is 3.50. The molecule has 1 aromatic carbocycles. The summed E-state index contributed by atoms with van der Waals surface area (Å²) < 4.78 is 18.6. The first-order chi connectivity index (χ1) is 8.08. The van der Waals surface area contributed by atoms with Gasteiger partial charge in [0.05, 0.1) is 6.61 Å². The number of hydrogen-bond donors (Lipinski definition) is 2. The third-order valence-corrected chi connectivity index (χ3v) is 2.19. The van der Waals surface area contributed by atoms with Crippen LogP contribution < -0.4 is 16.0 Å². The lowest BCUT2D eigenvalue weighted by Gasteiger charge is -2.16. The van der Waals surface area contributed by atoms with Crippen molar-refractivity contribution < 1.29 is 13.9 Å². The Labute approximate surface area is 99.3 Å². The molecular formula is C11H16FN3O2. The van der Waals surface area contributed by atoms with Crippen molar-refractivity contribution in [1.82, 2.24) is 10.3 Å². The molecule has 3 N–H and O–H groups in total. The monoisotopic (exact) mass is 241 g/mol. The van der Waals surface area contributed by atoms with Crippen LogP contribution in [0.1, 0.15) is 12.5 Å². The van der Waals surface area contributed by atoms with Crippen LogP contribution >= 0.6 is 0 Å². The molecule has 0 aromatic heterocycles. The van der Waals surface area contributed by atoms with E-state index in [-0.39, 0.29) is 12.3 Å². The molecule has 5 nitrogen and oxygen atoms in total. The van der Waals surface area contributed by atoms with E-state index in [0.29, 0.717) is 12.2 Å². The Hall–Kier alpha value is -1.82. The number of hydrogen-bond acceptors (Lipinski definition) is 3. The molecule has 94 valence electrons. The minimum atomic E-state index is -0.439. The highest BCUT2D eigenvalue weighted by atomic mass is 19.1. The van der Waals surface area contributed by atoms with E-state index in [1.165, 1.54) is 11.0 Å². The molecule has 6 heteroatoms. The van der Waals surface area contributed by atoms with E-state index in [1.807, 2.05) is 5.43 Å². The second-order valence-electron chi connectivity index (χ2n) is 3.50. The number of benzene rings is 1. The number of nitrogens with one attached hydrogen (secondary N) is 1. The molecule has 0 heterocycles. The van der Waals surface area contributed by atoms with E-state index >= 15 is 0 Å². The van der Waals surface area contributed by atoms with E-state index in [2.05, 4.69) is 0 Å². The van der Waals surface area contributed by atoms with Crippen LogP contribution in [-0.2, 0) is 6.54 Å². The van der Waals surface area contributed by atoms with E-state index in [1.54, 1.807) is 26.1 Å². The fraction of sp³-hybridized carbons (Fsp3) is 0.364. The van der Waals surface area contributed by atoms with Crippen LogP contribution in [0, 0.1) is 5.82 Å². The zero-order chi connectivity index (χ0) is 12.8. The third kappa shape index (κ3) is 3.60. The molecule has 0 unspecified atom stereocenters. The van der Waals surface area contributed by atoms with Gasteiger partial charge >= 0.3 is 6.03 Å². The molecule has 1 aromatic rings. The Bertz CT molecular complexity index is 398. The number of carbonyl (C=O) groups is 1. The van der Waals surface area contributed by atoms with E-state index in [0.717, 1.165) is 0 Å². The number of nitrogens with zero attached hydrogens (tertiary/aromatic N) is 1. The molecular weight excluding hydrogens is 225 g/mol. The van der Waals surface area contributed by atoms with Crippen molar-refractivity contribution in [2.75, 3.05) is 13.7 Å². The lowest BCUT2D eigenvalue weighted by molar-refractivity contribution is 0.207. The maximum Gasteiger partial charge on any atom is 0.331 e. The van der Waals surface area contributed by atoms with Gasteiger partial charge in [-0.05, 0) is 24.6 Å². The largest absolute Gasteiger partial charge is 0.491 e. The van der Waals surface area contributed by atoms with E-state index in [4.69, 9.17) is 10.6 Å². The van der Waals surface area contributed by atoms with Gasteiger partial charge in [0.1, 0.15) is 0 Å². The smallest absolute Gasteiger partial charge is 0.331 e. The van der Waals surface area contributed by atoms with Crippen molar-refractivity contribution in [2.24, 2.45) is 5.84 Å². The van der Waals surface area contributed by atoms with Crippen molar-refractivity contribution in [3.8, 4) is 5.75 Å². The number of urea groups is 1. The molecule has 0 spiro atoms. The number of halogens is 1. The number of amides is 2. The Morgan fingerprint density at radius 3 is 2.82 bits per heavy atom. The van der Waals surface area contributed by atoms with Crippen LogP contribution in [0.3, 0.4) is 0 Å². The summed E-state index contributed by atoms with van der Waals surface area (Å²) in [6.45, 7) is 2.46. The number of rotatable bonds is 4. The Morgan fingerprint density at radius 1 is 1.59 bits per heavy atom. The van der Waals surface area contributed by atoms with Crippen molar-refractivity contribution in [2.45, 2.75) is 13.5 Å². The molecule has 1 rings (SSSR count). The van der Waals surface area contributed by atoms with Crippen LogP contribution in [0.4, 0.5) is 9.18 Å². The van der Waals surface area contributed by atoms with Crippen LogP contribution in [0.2, 0.25) is 0 Å². The number of carbonyl (C=O) groups excluding carboxylic acids is 1. The Balaban J connectivity index is 2.73. The summed E-state index contributed by atoms with van der Waals surface area (Å²) in [5, 5.41) is 0. The number of hydrazine groups is 1. The number of ether oxygens (including phenoxy) is 1. The standard InChI is InChI=1S/C11H16FN3O2/c1-3-17-10-5-4-8(6-9(10)12)7-15(2)11(16)14-13/h4-6H,3,7,13H2,1-2H3,(H,14,16). The maximum atomic E-state index is 13.5. The maximum absolute atomic E-state index is 13.5. The predicted molar refractivity (Wildman–Crippen MR) is 61.8 cm³/mol. The molecule has 0 radical (unpaired) electrons. The lowest BCUT2D eigenvalue weighted by atomic mass is 10.2. The predicted octanol–water partition coefficient (Wildman–Crippen LogP) is 1.24. The van der Waals surface area contributed by atoms with Gasteiger partial charge in [-0.25, -0.2) is 15.0 Å². The molecule has 0 aliphatic heterocycles. The highest BCUT2D eigenvalue weighted by Crippen LogP contribution is 2.18. The van der Waals surface area contributed by atoms with Gasteiger partial charge < -0.3 is 9.64 Å². The first-order valence-electron chi connectivity index (χ1n) is 5.21. The molecule has 0 aliphatic rings. The SMILES string of the molecule is CCOc1ccc(CN(C)C(=O)NN)cc1F. The van der Waals surface area contributed by atoms with Gasteiger partial charge in [-0.1, -0.05) is 6.07 Å². The quantitative estimate of drug-likeness (QED) is 0.473. The van der Waals surface area contributed by atoms with Crippen LogP contribution in [0.5, 0.6) is 5.75 Å². The summed E-state index contributed by atoms with van der Waals surface area (Å²) in [5.74, 6) is 4.76. The van der Waals surface area contributed by atoms with Crippen LogP contribution in [-0.4, -0.2) is 24.6 Å². The lowest BCUT2D eigenvalue weighted by Crippen LogP contribution is -2.40. The van der Waals surface area contributed by atoms with E-state index < -0.39 is 11.8 Å². The summed E-state index contributed by atoms with van der Waals surface area (Å²) in [4.78, 5) is 12.5. The van der Waals surface area contributed by atoms with Gasteiger partial charge in [0, 0.05) is 13.6 Å². The van der Waals surface area contributed by atoms with Crippen LogP contribution in [0.15, 0.2) is 18.2 Å². The molecule has 0 saturated heterocycles. The molecule has 0 aliphatic carbocycles. The molecule has 17 heavy (non-hydrogen) atoms. The van der Waals surface area contributed by atoms with Crippen molar-refractivity contribution in [1.29, 1.82) is 0 Å². The molecule has 0 atom stereocenters. The van der Waals surface area contributed by atoms with Gasteiger partial charge in [0.25, 0.3) is 0 Å². The minimum Gasteiger partial charge on any atom is -0.491 e. The van der Waals surface area contributed by atoms with Crippen LogP contribution in [0.25, 0.3) is 0 Å². The normalized spacial score (nSPS) is 9.88. The highest BCUT2D eigenvalue weighted by molar-refractivity contribution is 5.73.